The number of nitrogens with zero attached hydrogens (tertiary/aromatic N) is 4. The van der Waals surface area contributed by atoms with E-state index < -0.39 is 10.0 Å². The average Bonchev–Trinajstić information content (AvgIpc) is 3.34. The van der Waals surface area contributed by atoms with Gasteiger partial charge < -0.3 is 9.80 Å². The maximum absolute atomic E-state index is 12.5. The van der Waals surface area contributed by atoms with Crippen molar-refractivity contribution in [2.75, 3.05) is 59.4 Å². The third-order valence-electron chi connectivity index (χ3n) is 5.11. The molecule has 1 aromatic rings. The zero-order chi connectivity index (χ0) is 20.3. The Hall–Kier alpha value is -1.20. The van der Waals surface area contributed by atoms with Gasteiger partial charge in [0.2, 0.25) is 11.8 Å². The lowest BCUT2D eigenvalue weighted by Gasteiger charge is -2.35. The van der Waals surface area contributed by atoms with E-state index in [0.717, 1.165) is 41.6 Å². The van der Waals surface area contributed by atoms with Gasteiger partial charge in [-0.1, -0.05) is 11.6 Å². The number of likely N-dealkylation sites (N-methyl/N-ethyl adjacent to an activating group) is 1. The van der Waals surface area contributed by atoms with E-state index in [1.54, 1.807) is 4.90 Å². The summed E-state index contributed by atoms with van der Waals surface area (Å²) in [6.07, 6.45) is 2.14. The maximum atomic E-state index is 12.5. The first-order valence-corrected chi connectivity index (χ1v) is 11.9. The molecule has 2 fully saturated rings. The lowest BCUT2D eigenvalue weighted by molar-refractivity contribution is -0.134. The molecule has 2 aliphatic rings. The third-order valence-corrected chi connectivity index (χ3v) is 8.62. The summed E-state index contributed by atoms with van der Waals surface area (Å²) in [5.41, 5.74) is 0. The number of halogens is 1. The van der Waals surface area contributed by atoms with Gasteiger partial charge in [0.25, 0.3) is 10.0 Å². The monoisotopic (exact) mass is 448 g/mol. The van der Waals surface area contributed by atoms with E-state index in [1.807, 2.05) is 4.90 Å². The van der Waals surface area contributed by atoms with Crippen molar-refractivity contribution in [1.82, 2.24) is 19.0 Å². The summed E-state index contributed by atoms with van der Waals surface area (Å²) >= 11 is 6.79. The fourth-order valence-corrected chi connectivity index (χ4v) is 6.19. The number of hydrogen-bond acceptors (Lipinski definition) is 6. The maximum Gasteiger partial charge on any atom is 0.252 e. The number of sulfonamides is 1. The smallest absolute Gasteiger partial charge is 0.252 e. The van der Waals surface area contributed by atoms with Crippen molar-refractivity contribution in [3.05, 3.63) is 16.5 Å². The molecule has 0 unspecified atom stereocenters. The highest BCUT2D eigenvalue weighted by Gasteiger charge is 2.29. The second-order valence-electron chi connectivity index (χ2n) is 7.06. The zero-order valence-electron chi connectivity index (χ0n) is 15.8. The Morgan fingerprint density at radius 2 is 1.64 bits per heavy atom. The van der Waals surface area contributed by atoms with Crippen molar-refractivity contribution < 1.29 is 18.0 Å². The molecule has 2 aliphatic heterocycles. The zero-order valence-corrected chi connectivity index (χ0v) is 18.2. The van der Waals surface area contributed by atoms with E-state index in [2.05, 4.69) is 4.90 Å². The quantitative estimate of drug-likeness (QED) is 0.642. The van der Waals surface area contributed by atoms with Crippen LogP contribution >= 0.6 is 22.9 Å². The Balaban J connectivity index is 1.47. The summed E-state index contributed by atoms with van der Waals surface area (Å²) in [5, 5.41) is 0. The van der Waals surface area contributed by atoms with Crippen LogP contribution in [0.2, 0.25) is 4.34 Å². The van der Waals surface area contributed by atoms with Crippen LogP contribution < -0.4 is 0 Å². The van der Waals surface area contributed by atoms with E-state index in [1.165, 1.54) is 19.2 Å². The topological polar surface area (TPSA) is 81.2 Å². The van der Waals surface area contributed by atoms with E-state index in [9.17, 15) is 18.0 Å². The molecule has 0 N–H and O–H groups in total. The summed E-state index contributed by atoms with van der Waals surface area (Å²) in [5.74, 6) is -0.0861. The van der Waals surface area contributed by atoms with E-state index in [4.69, 9.17) is 11.6 Å². The van der Waals surface area contributed by atoms with Gasteiger partial charge in [-0.3, -0.25) is 14.5 Å². The number of amides is 2. The van der Waals surface area contributed by atoms with Crippen molar-refractivity contribution in [1.29, 1.82) is 0 Å². The standard InChI is InChI=1S/C17H25ClN4O4S2/c1-19(28(25,26)17-5-4-14(18)27-17)12-15(23)22-10-8-20(9-11-22)13-16(24)21-6-2-3-7-21/h4-5H,2-3,6-13H2,1H3. The normalized spacial score (nSPS) is 18.8. The van der Waals surface area contributed by atoms with E-state index in [0.29, 0.717) is 37.1 Å². The predicted molar refractivity (Wildman–Crippen MR) is 108 cm³/mol. The SMILES string of the molecule is CN(CC(=O)N1CCN(CC(=O)N2CCCC2)CC1)S(=O)(=O)c1ccc(Cl)s1. The molecule has 0 atom stereocenters. The molecule has 1 aromatic heterocycles. The summed E-state index contributed by atoms with van der Waals surface area (Å²) in [6, 6.07) is 2.97. The number of carbonyl (C=O) groups is 2. The molecule has 3 heterocycles. The number of likely N-dealkylation sites (tertiary alicyclic amines) is 1. The summed E-state index contributed by atoms with van der Waals surface area (Å²) < 4.78 is 26.6. The van der Waals surface area contributed by atoms with Crippen molar-refractivity contribution in [2.24, 2.45) is 0 Å². The van der Waals surface area contributed by atoms with Crippen LogP contribution in [0.15, 0.2) is 16.3 Å². The fraction of sp³-hybridized carbons (Fsp3) is 0.647. The second-order valence-corrected chi connectivity index (χ2v) is 11.1. The summed E-state index contributed by atoms with van der Waals surface area (Å²) in [4.78, 5) is 30.4. The number of thiophene rings is 1. The molecule has 0 spiro atoms. The van der Waals surface area contributed by atoms with Crippen molar-refractivity contribution in [2.45, 2.75) is 17.1 Å². The largest absolute Gasteiger partial charge is 0.342 e. The molecule has 3 rings (SSSR count). The van der Waals surface area contributed by atoms with Crippen LogP contribution in [-0.4, -0.2) is 98.6 Å². The Bertz CT molecular complexity index is 815. The second kappa shape index (κ2) is 9.08. The first-order valence-electron chi connectivity index (χ1n) is 9.27. The average molecular weight is 449 g/mol. The molecule has 0 saturated carbocycles. The molecule has 28 heavy (non-hydrogen) atoms. The molecule has 0 bridgehead atoms. The molecule has 8 nitrogen and oxygen atoms in total. The molecule has 11 heteroatoms. The number of piperazine rings is 1. The Labute approximate surface area is 174 Å². The Morgan fingerprint density at radius 1 is 1.04 bits per heavy atom. The molecular formula is C17H25ClN4O4S2. The highest BCUT2D eigenvalue weighted by atomic mass is 35.5. The minimum Gasteiger partial charge on any atom is -0.342 e. The number of rotatable bonds is 6. The van der Waals surface area contributed by atoms with Crippen molar-refractivity contribution >= 4 is 44.8 Å². The Kier molecular flexibility index (Phi) is 6.98. The van der Waals surface area contributed by atoms with Gasteiger partial charge in [0.05, 0.1) is 17.4 Å². The van der Waals surface area contributed by atoms with Gasteiger partial charge in [0, 0.05) is 46.3 Å². The molecular weight excluding hydrogens is 424 g/mol. The minimum atomic E-state index is -3.73. The predicted octanol–water partition coefficient (Wildman–Crippen LogP) is 0.789. The minimum absolute atomic E-state index is 0.123. The van der Waals surface area contributed by atoms with Gasteiger partial charge in [-0.05, 0) is 25.0 Å². The summed E-state index contributed by atoms with van der Waals surface area (Å²) in [6.45, 7) is 4.06. The molecule has 2 saturated heterocycles. The van der Waals surface area contributed by atoms with Gasteiger partial charge in [-0.15, -0.1) is 11.3 Å². The number of carbonyl (C=O) groups excluding carboxylic acids is 2. The van der Waals surface area contributed by atoms with Crippen LogP contribution in [0.25, 0.3) is 0 Å². The fourth-order valence-electron chi connectivity index (χ4n) is 3.38. The van der Waals surface area contributed by atoms with Crippen LogP contribution in [0.4, 0.5) is 0 Å². The molecule has 156 valence electrons. The molecule has 0 radical (unpaired) electrons. The lowest BCUT2D eigenvalue weighted by atomic mass is 10.3. The van der Waals surface area contributed by atoms with Crippen LogP contribution in [0.5, 0.6) is 0 Å². The van der Waals surface area contributed by atoms with Gasteiger partial charge in [-0.2, -0.15) is 4.31 Å². The van der Waals surface area contributed by atoms with Gasteiger partial charge >= 0.3 is 0 Å². The highest BCUT2D eigenvalue weighted by molar-refractivity contribution is 7.91. The van der Waals surface area contributed by atoms with E-state index in [-0.39, 0.29) is 22.6 Å². The van der Waals surface area contributed by atoms with Crippen LogP contribution in [0.3, 0.4) is 0 Å². The van der Waals surface area contributed by atoms with Gasteiger partial charge in [-0.25, -0.2) is 8.42 Å². The van der Waals surface area contributed by atoms with Gasteiger partial charge in [0.15, 0.2) is 0 Å². The van der Waals surface area contributed by atoms with Crippen molar-refractivity contribution in [3.63, 3.8) is 0 Å². The lowest BCUT2D eigenvalue weighted by Crippen LogP contribution is -2.53. The Morgan fingerprint density at radius 3 is 2.21 bits per heavy atom. The van der Waals surface area contributed by atoms with E-state index >= 15 is 0 Å². The third kappa shape index (κ3) is 5.04. The van der Waals surface area contributed by atoms with Crippen molar-refractivity contribution in [3.8, 4) is 0 Å². The van der Waals surface area contributed by atoms with Gasteiger partial charge in [0.1, 0.15) is 4.21 Å². The first-order chi connectivity index (χ1) is 13.3. The number of hydrogen-bond donors (Lipinski definition) is 0. The van der Waals surface area contributed by atoms with Crippen LogP contribution in [0, 0.1) is 0 Å². The van der Waals surface area contributed by atoms with Crippen LogP contribution in [0.1, 0.15) is 12.8 Å². The molecule has 2 amide bonds. The highest BCUT2D eigenvalue weighted by Crippen LogP contribution is 2.27. The first kappa shape index (κ1) is 21.5. The molecule has 0 aliphatic carbocycles. The van der Waals surface area contributed by atoms with Crippen LogP contribution in [-0.2, 0) is 19.6 Å². The molecule has 0 aromatic carbocycles. The summed E-state index contributed by atoms with van der Waals surface area (Å²) in [7, 11) is -2.33.